The predicted molar refractivity (Wildman–Crippen MR) is 69.0 cm³/mol. The summed E-state index contributed by atoms with van der Waals surface area (Å²) in [6, 6.07) is 6.04. The van der Waals surface area contributed by atoms with Crippen LogP contribution in [-0.2, 0) is 6.42 Å². The van der Waals surface area contributed by atoms with E-state index in [0.717, 1.165) is 33.6 Å². The van der Waals surface area contributed by atoms with Gasteiger partial charge in [0.05, 0.1) is 5.52 Å². The van der Waals surface area contributed by atoms with Gasteiger partial charge in [-0.3, -0.25) is 4.98 Å². The average Bonchev–Trinajstić information content (AvgIpc) is 2.21. The van der Waals surface area contributed by atoms with E-state index in [2.05, 4.69) is 11.1 Å². The second kappa shape index (κ2) is 4.40. The molecule has 0 aliphatic rings. The first kappa shape index (κ1) is 11.4. The van der Waals surface area contributed by atoms with E-state index in [1.54, 1.807) is 0 Å². The van der Waals surface area contributed by atoms with Crippen LogP contribution < -0.4 is 5.73 Å². The lowest BCUT2D eigenvalue weighted by Gasteiger charge is -2.08. The van der Waals surface area contributed by atoms with E-state index in [1.807, 2.05) is 26.0 Å². The maximum absolute atomic E-state index is 6.04. The normalized spacial score (nSPS) is 11.0. The molecule has 0 saturated heterocycles. The summed E-state index contributed by atoms with van der Waals surface area (Å²) in [5, 5.41) is 1.86. The molecule has 0 radical (unpaired) electrons. The second-order valence-corrected chi connectivity index (χ2v) is 4.50. The Morgan fingerprint density at radius 1 is 1.25 bits per heavy atom. The van der Waals surface area contributed by atoms with Crippen molar-refractivity contribution in [3.8, 4) is 0 Å². The van der Waals surface area contributed by atoms with Gasteiger partial charge < -0.3 is 5.73 Å². The van der Waals surface area contributed by atoms with Gasteiger partial charge in [-0.1, -0.05) is 11.6 Å². The molecule has 0 amide bonds. The fourth-order valence-electron chi connectivity index (χ4n) is 1.96. The van der Waals surface area contributed by atoms with Crippen LogP contribution in [0.25, 0.3) is 10.9 Å². The Morgan fingerprint density at radius 3 is 2.69 bits per heavy atom. The van der Waals surface area contributed by atoms with Crippen molar-refractivity contribution in [2.45, 2.75) is 20.3 Å². The topological polar surface area (TPSA) is 38.9 Å². The Labute approximate surface area is 100 Å². The van der Waals surface area contributed by atoms with E-state index in [9.17, 15) is 0 Å². The maximum atomic E-state index is 6.04. The van der Waals surface area contributed by atoms with Gasteiger partial charge in [0.25, 0.3) is 0 Å². The summed E-state index contributed by atoms with van der Waals surface area (Å²) in [5.41, 5.74) is 9.99. The molecule has 1 aromatic heterocycles. The number of fused-ring (bicyclic) bond motifs is 1. The Bertz CT molecular complexity index is 535. The van der Waals surface area contributed by atoms with Gasteiger partial charge in [0.1, 0.15) is 0 Å². The number of benzene rings is 1. The zero-order valence-corrected chi connectivity index (χ0v) is 10.3. The van der Waals surface area contributed by atoms with Crippen molar-refractivity contribution < 1.29 is 0 Å². The third kappa shape index (κ3) is 2.04. The summed E-state index contributed by atoms with van der Waals surface area (Å²) < 4.78 is 0. The number of pyridine rings is 1. The molecule has 0 saturated carbocycles. The highest BCUT2D eigenvalue weighted by Gasteiger charge is 2.05. The number of hydrogen-bond acceptors (Lipinski definition) is 2. The minimum atomic E-state index is 0.646. The van der Waals surface area contributed by atoms with Gasteiger partial charge in [0.2, 0.25) is 0 Å². The van der Waals surface area contributed by atoms with Crippen LogP contribution >= 0.6 is 11.6 Å². The molecule has 84 valence electrons. The lowest BCUT2D eigenvalue weighted by molar-refractivity contribution is 0.946. The molecule has 2 rings (SSSR count). The number of hydrogen-bond donors (Lipinski definition) is 1. The summed E-state index contributed by atoms with van der Waals surface area (Å²) in [5.74, 6) is 0. The lowest BCUT2D eigenvalue weighted by atomic mass is 10.0. The molecule has 0 spiro atoms. The molecule has 0 aliphatic carbocycles. The smallest absolute Gasteiger partial charge is 0.0735 e. The zero-order valence-electron chi connectivity index (χ0n) is 9.55. The minimum absolute atomic E-state index is 0.646. The third-order valence-electron chi connectivity index (χ3n) is 2.78. The van der Waals surface area contributed by atoms with Gasteiger partial charge >= 0.3 is 0 Å². The van der Waals surface area contributed by atoms with E-state index in [1.165, 1.54) is 5.56 Å². The van der Waals surface area contributed by atoms with Crippen molar-refractivity contribution in [3.05, 3.63) is 40.0 Å². The largest absolute Gasteiger partial charge is 0.330 e. The molecule has 16 heavy (non-hydrogen) atoms. The number of aromatic nitrogens is 1. The van der Waals surface area contributed by atoms with Crippen molar-refractivity contribution >= 4 is 22.5 Å². The van der Waals surface area contributed by atoms with Crippen molar-refractivity contribution in [1.82, 2.24) is 4.98 Å². The maximum Gasteiger partial charge on any atom is 0.0735 e. The van der Waals surface area contributed by atoms with Crippen LogP contribution in [0.5, 0.6) is 0 Å². The Balaban J connectivity index is 2.69. The fourth-order valence-corrected chi connectivity index (χ4v) is 2.25. The number of rotatable bonds is 2. The SMILES string of the molecule is Cc1nc2c(C)cc(Cl)cc2cc1CCN. The predicted octanol–water partition coefficient (Wildman–Crippen LogP) is 3.01. The molecule has 2 nitrogen and oxygen atoms in total. The van der Waals surface area contributed by atoms with Crippen molar-refractivity contribution in [1.29, 1.82) is 0 Å². The van der Waals surface area contributed by atoms with Crippen LogP contribution in [-0.4, -0.2) is 11.5 Å². The molecule has 1 aromatic carbocycles. The third-order valence-corrected chi connectivity index (χ3v) is 3.00. The van der Waals surface area contributed by atoms with Crippen molar-refractivity contribution in [2.24, 2.45) is 5.73 Å². The molecule has 0 unspecified atom stereocenters. The first-order valence-corrected chi connectivity index (χ1v) is 5.76. The van der Waals surface area contributed by atoms with Crippen LogP contribution in [0.4, 0.5) is 0 Å². The van der Waals surface area contributed by atoms with E-state index >= 15 is 0 Å². The lowest BCUT2D eigenvalue weighted by Crippen LogP contribution is -2.05. The van der Waals surface area contributed by atoms with Gasteiger partial charge in [-0.25, -0.2) is 0 Å². The first-order chi connectivity index (χ1) is 7.61. The Hall–Kier alpha value is -1.12. The highest BCUT2D eigenvalue weighted by Crippen LogP contribution is 2.24. The summed E-state index contributed by atoms with van der Waals surface area (Å²) in [4.78, 5) is 4.62. The molecule has 1 heterocycles. The quantitative estimate of drug-likeness (QED) is 0.868. The molecule has 0 bridgehead atoms. The highest BCUT2D eigenvalue weighted by atomic mass is 35.5. The van der Waals surface area contributed by atoms with E-state index in [-0.39, 0.29) is 0 Å². The van der Waals surface area contributed by atoms with Gasteiger partial charge in [-0.05, 0) is 56.1 Å². The molecule has 0 aliphatic heterocycles. The molecular weight excluding hydrogens is 220 g/mol. The van der Waals surface area contributed by atoms with Gasteiger partial charge in [0, 0.05) is 16.1 Å². The van der Waals surface area contributed by atoms with Gasteiger partial charge in [0.15, 0.2) is 0 Å². The number of nitrogens with two attached hydrogens (primary N) is 1. The number of halogens is 1. The van der Waals surface area contributed by atoms with Crippen LogP contribution in [0.2, 0.25) is 5.02 Å². The molecule has 0 atom stereocenters. The second-order valence-electron chi connectivity index (χ2n) is 4.07. The number of aryl methyl sites for hydroxylation is 2. The molecule has 2 aromatic rings. The average molecular weight is 235 g/mol. The van der Waals surface area contributed by atoms with Crippen LogP contribution in [0, 0.1) is 13.8 Å². The summed E-state index contributed by atoms with van der Waals surface area (Å²) in [6.07, 6.45) is 0.861. The highest BCUT2D eigenvalue weighted by molar-refractivity contribution is 6.31. The minimum Gasteiger partial charge on any atom is -0.330 e. The Kier molecular flexibility index (Phi) is 3.13. The fraction of sp³-hybridized carbons (Fsp3) is 0.308. The van der Waals surface area contributed by atoms with E-state index in [4.69, 9.17) is 17.3 Å². The Morgan fingerprint density at radius 2 is 2.00 bits per heavy atom. The van der Waals surface area contributed by atoms with Crippen LogP contribution in [0.1, 0.15) is 16.8 Å². The molecule has 2 N–H and O–H groups in total. The van der Waals surface area contributed by atoms with E-state index in [0.29, 0.717) is 6.54 Å². The molecular formula is C13H15ClN2. The van der Waals surface area contributed by atoms with Crippen LogP contribution in [0.15, 0.2) is 18.2 Å². The van der Waals surface area contributed by atoms with Gasteiger partial charge in [-0.2, -0.15) is 0 Å². The standard InChI is InChI=1S/C13H15ClN2/c1-8-5-12(14)7-11-6-10(3-4-15)9(2)16-13(8)11/h5-7H,3-4,15H2,1-2H3. The van der Waals surface area contributed by atoms with E-state index < -0.39 is 0 Å². The van der Waals surface area contributed by atoms with Crippen molar-refractivity contribution in [2.75, 3.05) is 6.54 Å². The molecule has 3 heteroatoms. The summed E-state index contributed by atoms with van der Waals surface area (Å²) in [7, 11) is 0. The first-order valence-electron chi connectivity index (χ1n) is 5.38. The number of nitrogens with zero attached hydrogens (tertiary/aromatic N) is 1. The van der Waals surface area contributed by atoms with Crippen LogP contribution in [0.3, 0.4) is 0 Å². The van der Waals surface area contributed by atoms with Crippen molar-refractivity contribution in [3.63, 3.8) is 0 Å². The molecule has 0 fully saturated rings. The van der Waals surface area contributed by atoms with Gasteiger partial charge in [-0.15, -0.1) is 0 Å². The summed E-state index contributed by atoms with van der Waals surface area (Å²) in [6.45, 7) is 4.70. The summed E-state index contributed by atoms with van der Waals surface area (Å²) >= 11 is 6.04. The monoisotopic (exact) mass is 234 g/mol. The zero-order chi connectivity index (χ0) is 11.7.